The zero-order chi connectivity index (χ0) is 12.8. The Kier molecular flexibility index (Phi) is 4.55. The van der Waals surface area contributed by atoms with Gasteiger partial charge < -0.3 is 15.2 Å². The van der Waals surface area contributed by atoms with Crippen molar-refractivity contribution in [2.24, 2.45) is 11.1 Å². The van der Waals surface area contributed by atoms with Crippen LogP contribution in [0, 0.1) is 5.41 Å². The highest BCUT2D eigenvalue weighted by Crippen LogP contribution is 2.48. The third-order valence-electron chi connectivity index (χ3n) is 3.15. The molecule has 0 aliphatic heterocycles. The number of hydrogen-bond donors (Lipinski definition) is 1. The van der Waals surface area contributed by atoms with Crippen molar-refractivity contribution in [3.05, 3.63) is 30.3 Å². The molecule has 0 amide bonds. The zero-order valence-corrected chi connectivity index (χ0v) is 11.2. The van der Waals surface area contributed by atoms with Crippen LogP contribution in [0.2, 0.25) is 0 Å². The van der Waals surface area contributed by atoms with Gasteiger partial charge in [-0.25, -0.2) is 0 Å². The number of ether oxygens (including phenoxy) is 2. The molecule has 2 rings (SSSR count). The molecule has 1 aromatic carbocycles. The molecule has 0 heterocycles. The lowest BCUT2D eigenvalue weighted by molar-refractivity contribution is 0.0685. The van der Waals surface area contributed by atoms with E-state index in [4.69, 9.17) is 27.4 Å². The van der Waals surface area contributed by atoms with E-state index < -0.39 is 0 Å². The number of hydrogen-bond acceptors (Lipinski definition) is 3. The highest BCUT2D eigenvalue weighted by Gasteiger charge is 2.43. The van der Waals surface area contributed by atoms with E-state index in [-0.39, 0.29) is 5.41 Å². The summed E-state index contributed by atoms with van der Waals surface area (Å²) in [6.45, 7) is 1.92. The van der Waals surface area contributed by atoms with Crippen LogP contribution >= 0.6 is 12.2 Å². The van der Waals surface area contributed by atoms with Crippen molar-refractivity contribution < 1.29 is 9.47 Å². The van der Waals surface area contributed by atoms with E-state index in [1.54, 1.807) is 0 Å². The van der Waals surface area contributed by atoms with Crippen molar-refractivity contribution >= 4 is 17.2 Å². The van der Waals surface area contributed by atoms with Crippen LogP contribution in [0.4, 0.5) is 0 Å². The van der Waals surface area contributed by atoms with E-state index in [1.165, 1.54) is 12.8 Å². The smallest absolute Gasteiger partial charge is 0.119 e. The molecule has 0 radical (unpaired) electrons. The summed E-state index contributed by atoms with van der Waals surface area (Å²) >= 11 is 4.95. The first-order valence-corrected chi connectivity index (χ1v) is 6.65. The standard InChI is InChI=1S/C14H19NO2S/c15-13(18)10-14(6-7-14)11-16-8-9-17-12-4-2-1-3-5-12/h1-5H,6-11H2,(H2,15,18). The molecule has 0 atom stereocenters. The van der Waals surface area contributed by atoms with Crippen LogP contribution in [0.1, 0.15) is 19.3 Å². The summed E-state index contributed by atoms with van der Waals surface area (Å²) in [5.74, 6) is 0.880. The molecule has 3 nitrogen and oxygen atoms in total. The van der Waals surface area contributed by atoms with Crippen LogP contribution < -0.4 is 10.5 Å². The fourth-order valence-corrected chi connectivity index (χ4v) is 2.25. The van der Waals surface area contributed by atoms with Gasteiger partial charge in [-0.2, -0.15) is 0 Å². The Morgan fingerprint density at radius 2 is 1.94 bits per heavy atom. The van der Waals surface area contributed by atoms with Gasteiger partial charge in [0.15, 0.2) is 0 Å². The molecular formula is C14H19NO2S. The summed E-state index contributed by atoms with van der Waals surface area (Å²) < 4.78 is 11.2. The predicted molar refractivity (Wildman–Crippen MR) is 75.8 cm³/mol. The summed E-state index contributed by atoms with van der Waals surface area (Å²) in [5.41, 5.74) is 5.81. The topological polar surface area (TPSA) is 44.5 Å². The van der Waals surface area contributed by atoms with Crippen LogP contribution in [-0.4, -0.2) is 24.8 Å². The Hall–Kier alpha value is -1.13. The molecule has 0 bridgehead atoms. The highest BCUT2D eigenvalue weighted by atomic mass is 32.1. The second-order valence-electron chi connectivity index (χ2n) is 4.86. The molecule has 1 saturated carbocycles. The molecule has 2 N–H and O–H groups in total. The van der Waals surface area contributed by atoms with Crippen molar-refractivity contribution in [2.75, 3.05) is 19.8 Å². The molecular weight excluding hydrogens is 246 g/mol. The maximum Gasteiger partial charge on any atom is 0.119 e. The maximum atomic E-state index is 5.64. The SMILES string of the molecule is NC(=S)CC1(COCCOc2ccccc2)CC1. The van der Waals surface area contributed by atoms with Crippen molar-refractivity contribution in [3.63, 3.8) is 0 Å². The number of thiocarbonyl (C=S) groups is 1. The van der Waals surface area contributed by atoms with Gasteiger partial charge in [-0.15, -0.1) is 0 Å². The minimum Gasteiger partial charge on any atom is -0.491 e. The molecule has 98 valence electrons. The van der Waals surface area contributed by atoms with Crippen molar-refractivity contribution in [3.8, 4) is 5.75 Å². The van der Waals surface area contributed by atoms with Crippen molar-refractivity contribution in [2.45, 2.75) is 19.3 Å². The molecule has 1 aromatic rings. The molecule has 0 spiro atoms. The Balaban J connectivity index is 1.58. The van der Waals surface area contributed by atoms with Gasteiger partial charge in [-0.3, -0.25) is 0 Å². The fraction of sp³-hybridized carbons (Fsp3) is 0.500. The summed E-state index contributed by atoms with van der Waals surface area (Å²) in [5, 5.41) is 0. The lowest BCUT2D eigenvalue weighted by Crippen LogP contribution is -2.20. The van der Waals surface area contributed by atoms with E-state index in [2.05, 4.69) is 0 Å². The van der Waals surface area contributed by atoms with Crippen LogP contribution in [-0.2, 0) is 4.74 Å². The first-order valence-electron chi connectivity index (χ1n) is 6.24. The molecule has 0 aromatic heterocycles. The second kappa shape index (κ2) is 6.16. The first-order chi connectivity index (χ1) is 8.70. The van der Waals surface area contributed by atoms with Crippen molar-refractivity contribution in [1.82, 2.24) is 0 Å². The normalized spacial score (nSPS) is 16.2. The molecule has 1 aliphatic rings. The predicted octanol–water partition coefficient (Wildman–Crippen LogP) is 2.54. The Morgan fingerprint density at radius 3 is 2.56 bits per heavy atom. The third-order valence-corrected chi connectivity index (χ3v) is 3.30. The highest BCUT2D eigenvalue weighted by molar-refractivity contribution is 7.80. The maximum absolute atomic E-state index is 5.64. The van der Waals surface area contributed by atoms with Crippen LogP contribution in [0.15, 0.2) is 30.3 Å². The summed E-state index contributed by atoms with van der Waals surface area (Å²) in [6, 6.07) is 9.76. The van der Waals surface area contributed by atoms with Gasteiger partial charge in [-0.1, -0.05) is 30.4 Å². The molecule has 0 saturated heterocycles. The van der Waals surface area contributed by atoms with Gasteiger partial charge in [-0.05, 0) is 25.0 Å². The first kappa shape index (κ1) is 13.3. The van der Waals surface area contributed by atoms with Gasteiger partial charge in [0.2, 0.25) is 0 Å². The molecule has 1 aliphatic carbocycles. The minimum absolute atomic E-state index is 0.235. The number of para-hydroxylation sites is 1. The Bertz CT molecular complexity index is 390. The van der Waals surface area contributed by atoms with Gasteiger partial charge in [0, 0.05) is 11.8 Å². The monoisotopic (exact) mass is 265 g/mol. The van der Waals surface area contributed by atoms with Gasteiger partial charge in [0.25, 0.3) is 0 Å². The van der Waals surface area contributed by atoms with E-state index >= 15 is 0 Å². The lowest BCUT2D eigenvalue weighted by Gasteiger charge is -2.14. The Morgan fingerprint density at radius 1 is 1.22 bits per heavy atom. The average Bonchev–Trinajstić information content (AvgIpc) is 3.09. The van der Waals surface area contributed by atoms with Crippen LogP contribution in [0.3, 0.4) is 0 Å². The average molecular weight is 265 g/mol. The van der Waals surface area contributed by atoms with Gasteiger partial charge in [0.05, 0.1) is 18.2 Å². The third kappa shape index (κ3) is 4.27. The fourth-order valence-electron chi connectivity index (χ4n) is 1.94. The van der Waals surface area contributed by atoms with E-state index in [1.807, 2.05) is 30.3 Å². The number of benzene rings is 1. The van der Waals surface area contributed by atoms with E-state index in [9.17, 15) is 0 Å². The zero-order valence-electron chi connectivity index (χ0n) is 10.4. The summed E-state index contributed by atoms with van der Waals surface area (Å²) in [7, 11) is 0. The molecule has 0 unspecified atom stereocenters. The van der Waals surface area contributed by atoms with Crippen LogP contribution in [0.5, 0.6) is 5.75 Å². The van der Waals surface area contributed by atoms with E-state index in [0.717, 1.165) is 18.8 Å². The van der Waals surface area contributed by atoms with E-state index in [0.29, 0.717) is 18.2 Å². The van der Waals surface area contributed by atoms with Gasteiger partial charge in [0.1, 0.15) is 12.4 Å². The Labute approximate surface area is 113 Å². The second-order valence-corrected chi connectivity index (χ2v) is 5.38. The summed E-state index contributed by atoms with van der Waals surface area (Å²) in [4.78, 5) is 0.594. The largest absolute Gasteiger partial charge is 0.491 e. The molecule has 18 heavy (non-hydrogen) atoms. The number of nitrogens with two attached hydrogens (primary N) is 1. The van der Waals surface area contributed by atoms with Crippen molar-refractivity contribution in [1.29, 1.82) is 0 Å². The molecule has 4 heteroatoms. The van der Waals surface area contributed by atoms with Crippen LogP contribution in [0.25, 0.3) is 0 Å². The lowest BCUT2D eigenvalue weighted by atomic mass is 10.0. The summed E-state index contributed by atoms with van der Waals surface area (Å²) in [6.07, 6.45) is 3.15. The van der Waals surface area contributed by atoms with Gasteiger partial charge >= 0.3 is 0 Å². The number of rotatable bonds is 8. The minimum atomic E-state index is 0.235. The quantitative estimate of drug-likeness (QED) is 0.579. The molecule has 1 fully saturated rings.